The molecular weight excluding hydrogens is 220 g/mol. The molecule has 4 heteroatoms. The number of nitrogens with zero attached hydrogens (tertiary/aromatic N) is 2. The van der Waals surface area contributed by atoms with Crippen molar-refractivity contribution >= 4 is 21.4 Å². The molecule has 0 aliphatic rings. The van der Waals surface area contributed by atoms with Gasteiger partial charge in [-0.15, -0.1) is 11.3 Å². The van der Waals surface area contributed by atoms with Gasteiger partial charge < -0.3 is 4.52 Å². The van der Waals surface area contributed by atoms with E-state index in [1.54, 1.807) is 17.4 Å². The number of benzene rings is 1. The fraction of sp³-hybridized carbons (Fsp3) is 0. The third-order valence-corrected chi connectivity index (χ3v) is 3.33. The van der Waals surface area contributed by atoms with Gasteiger partial charge in [0.25, 0.3) is 0 Å². The highest BCUT2D eigenvalue weighted by atomic mass is 32.1. The molecular formula is C12H6N2OS. The highest BCUT2D eigenvalue weighted by Gasteiger charge is 2.11. The molecule has 1 aromatic carbocycles. The van der Waals surface area contributed by atoms with Crippen LogP contribution in [0.4, 0.5) is 0 Å². The van der Waals surface area contributed by atoms with Gasteiger partial charge in [-0.2, -0.15) is 5.26 Å². The maximum atomic E-state index is 8.69. The van der Waals surface area contributed by atoms with E-state index in [1.165, 1.54) is 4.70 Å². The van der Waals surface area contributed by atoms with Crippen LogP contribution < -0.4 is 0 Å². The number of hydrogen-bond donors (Lipinski definition) is 0. The van der Waals surface area contributed by atoms with E-state index in [4.69, 9.17) is 9.78 Å². The molecule has 3 rings (SSSR count). The summed E-state index contributed by atoms with van der Waals surface area (Å²) in [5, 5.41) is 15.5. The van der Waals surface area contributed by atoms with Crippen molar-refractivity contribution < 1.29 is 4.52 Å². The summed E-state index contributed by atoms with van der Waals surface area (Å²) in [5.41, 5.74) is 1.31. The Balaban J connectivity index is 2.23. The van der Waals surface area contributed by atoms with Gasteiger partial charge >= 0.3 is 0 Å². The van der Waals surface area contributed by atoms with E-state index in [2.05, 4.69) is 11.2 Å². The molecule has 16 heavy (non-hydrogen) atoms. The Bertz CT molecular complexity index is 690. The van der Waals surface area contributed by atoms with Gasteiger partial charge in [0.05, 0.1) is 0 Å². The molecule has 0 saturated carbocycles. The minimum Gasteiger partial charge on any atom is -0.355 e. The van der Waals surface area contributed by atoms with Crippen LogP contribution >= 0.6 is 11.3 Å². The Kier molecular flexibility index (Phi) is 1.98. The number of hydrogen-bond acceptors (Lipinski definition) is 4. The van der Waals surface area contributed by atoms with E-state index in [-0.39, 0.29) is 0 Å². The summed E-state index contributed by atoms with van der Waals surface area (Å²) in [7, 11) is 0. The molecule has 3 nitrogen and oxygen atoms in total. The zero-order chi connectivity index (χ0) is 11.0. The molecule has 3 aromatic rings. The van der Waals surface area contributed by atoms with E-state index >= 15 is 0 Å². The van der Waals surface area contributed by atoms with Gasteiger partial charge in [0, 0.05) is 27.1 Å². The topological polar surface area (TPSA) is 49.8 Å². The number of thiophene rings is 1. The predicted molar refractivity (Wildman–Crippen MR) is 62.0 cm³/mol. The molecule has 0 saturated heterocycles. The van der Waals surface area contributed by atoms with Gasteiger partial charge in [-0.3, -0.25) is 0 Å². The lowest BCUT2D eigenvalue weighted by Gasteiger charge is -1.91. The summed E-state index contributed by atoms with van der Waals surface area (Å²) < 4.78 is 6.34. The van der Waals surface area contributed by atoms with Crippen LogP contribution in [0.1, 0.15) is 5.69 Å². The minimum absolute atomic E-state index is 0.310. The monoisotopic (exact) mass is 226 g/mol. The lowest BCUT2D eigenvalue weighted by molar-refractivity contribution is 0.430. The fourth-order valence-corrected chi connectivity index (χ4v) is 2.57. The molecule has 76 valence electrons. The largest absolute Gasteiger partial charge is 0.355 e. The second-order valence-electron chi connectivity index (χ2n) is 3.33. The third kappa shape index (κ3) is 1.30. The summed E-state index contributed by atoms with van der Waals surface area (Å²) in [4.78, 5) is 0. The van der Waals surface area contributed by atoms with Gasteiger partial charge in [0.15, 0.2) is 11.5 Å². The van der Waals surface area contributed by atoms with E-state index in [9.17, 15) is 0 Å². The molecule has 0 radical (unpaired) electrons. The minimum atomic E-state index is 0.310. The van der Waals surface area contributed by atoms with Gasteiger partial charge in [-0.25, -0.2) is 0 Å². The van der Waals surface area contributed by atoms with Crippen LogP contribution in [0.3, 0.4) is 0 Å². The van der Waals surface area contributed by atoms with Crippen molar-refractivity contribution in [1.29, 1.82) is 5.26 Å². The van der Waals surface area contributed by atoms with E-state index in [0.717, 1.165) is 10.9 Å². The molecule has 2 aromatic heterocycles. The first kappa shape index (κ1) is 9.13. The standard InChI is InChI=1S/C12H6N2OS/c13-6-8-5-11(15-14-8)10-7-16-12-4-2-1-3-9(10)12/h1-5,7H. The van der Waals surface area contributed by atoms with Crippen molar-refractivity contribution in [3.8, 4) is 17.4 Å². The van der Waals surface area contributed by atoms with E-state index in [0.29, 0.717) is 11.5 Å². The molecule has 0 aliphatic carbocycles. The molecule has 0 aliphatic heterocycles. The van der Waals surface area contributed by atoms with Crippen LogP contribution in [-0.4, -0.2) is 5.16 Å². The van der Waals surface area contributed by atoms with Crippen LogP contribution in [0.25, 0.3) is 21.4 Å². The molecule has 0 bridgehead atoms. The number of aromatic nitrogens is 1. The maximum absolute atomic E-state index is 8.69. The van der Waals surface area contributed by atoms with Crippen LogP contribution in [0.2, 0.25) is 0 Å². The Morgan fingerprint density at radius 1 is 1.31 bits per heavy atom. The lowest BCUT2D eigenvalue weighted by atomic mass is 10.1. The van der Waals surface area contributed by atoms with Crippen LogP contribution in [0, 0.1) is 11.3 Å². The van der Waals surface area contributed by atoms with Gasteiger partial charge in [0.2, 0.25) is 0 Å². The number of rotatable bonds is 1. The van der Waals surface area contributed by atoms with E-state index < -0.39 is 0 Å². The SMILES string of the molecule is N#Cc1cc(-c2csc3ccccc23)on1. The van der Waals surface area contributed by atoms with Crippen LogP contribution in [-0.2, 0) is 0 Å². The molecule has 2 heterocycles. The molecule has 0 N–H and O–H groups in total. The van der Waals surface area contributed by atoms with Crippen molar-refractivity contribution in [1.82, 2.24) is 5.16 Å². The van der Waals surface area contributed by atoms with Crippen molar-refractivity contribution in [2.45, 2.75) is 0 Å². The Morgan fingerprint density at radius 2 is 2.19 bits per heavy atom. The van der Waals surface area contributed by atoms with Gasteiger partial charge in [-0.05, 0) is 6.07 Å². The zero-order valence-corrected chi connectivity index (χ0v) is 8.99. The van der Waals surface area contributed by atoms with Crippen molar-refractivity contribution in [3.63, 3.8) is 0 Å². The van der Waals surface area contributed by atoms with Crippen molar-refractivity contribution in [2.75, 3.05) is 0 Å². The Labute approximate surface area is 95.5 Å². The summed E-state index contributed by atoms with van der Waals surface area (Å²) in [6.45, 7) is 0. The van der Waals surface area contributed by atoms with Gasteiger partial charge in [0.1, 0.15) is 6.07 Å². The van der Waals surface area contributed by atoms with Crippen LogP contribution in [0.15, 0.2) is 40.2 Å². The maximum Gasteiger partial charge on any atom is 0.184 e. The molecule has 0 amide bonds. The smallest absolute Gasteiger partial charge is 0.184 e. The quantitative estimate of drug-likeness (QED) is 0.638. The van der Waals surface area contributed by atoms with Crippen LogP contribution in [0.5, 0.6) is 0 Å². The first-order valence-corrected chi connectivity index (χ1v) is 5.60. The summed E-state index contributed by atoms with van der Waals surface area (Å²) in [5.74, 6) is 0.647. The highest BCUT2D eigenvalue weighted by molar-refractivity contribution is 7.17. The Hall–Kier alpha value is -2.12. The Morgan fingerprint density at radius 3 is 3.00 bits per heavy atom. The predicted octanol–water partition coefficient (Wildman–Crippen LogP) is 3.43. The number of nitriles is 1. The van der Waals surface area contributed by atoms with E-state index in [1.807, 2.05) is 29.6 Å². The summed E-state index contributed by atoms with van der Waals surface area (Å²) >= 11 is 1.65. The summed E-state index contributed by atoms with van der Waals surface area (Å²) in [6, 6.07) is 11.7. The molecule has 0 fully saturated rings. The number of fused-ring (bicyclic) bond motifs is 1. The lowest BCUT2D eigenvalue weighted by Crippen LogP contribution is -1.69. The molecule has 0 unspecified atom stereocenters. The first-order chi connectivity index (χ1) is 7.88. The fourth-order valence-electron chi connectivity index (χ4n) is 1.62. The molecule has 0 spiro atoms. The van der Waals surface area contributed by atoms with Gasteiger partial charge in [-0.1, -0.05) is 23.4 Å². The first-order valence-electron chi connectivity index (χ1n) is 4.72. The average molecular weight is 226 g/mol. The van der Waals surface area contributed by atoms with Crippen molar-refractivity contribution in [3.05, 3.63) is 41.4 Å². The van der Waals surface area contributed by atoms with Crippen molar-refractivity contribution in [2.24, 2.45) is 0 Å². The highest BCUT2D eigenvalue weighted by Crippen LogP contribution is 2.33. The summed E-state index contributed by atoms with van der Waals surface area (Å²) in [6.07, 6.45) is 0. The second kappa shape index (κ2) is 3.47. The molecule has 0 atom stereocenters. The second-order valence-corrected chi connectivity index (χ2v) is 4.24. The normalized spacial score (nSPS) is 10.4. The zero-order valence-electron chi connectivity index (χ0n) is 8.18. The third-order valence-electron chi connectivity index (χ3n) is 2.37. The average Bonchev–Trinajstić information content (AvgIpc) is 2.94.